The highest BCUT2D eigenvalue weighted by Crippen LogP contribution is 2.46. The number of benzene rings is 1. The highest BCUT2D eigenvalue weighted by molar-refractivity contribution is 5.68. The predicted molar refractivity (Wildman–Crippen MR) is 86.9 cm³/mol. The van der Waals surface area contributed by atoms with Crippen molar-refractivity contribution in [1.29, 1.82) is 0 Å². The zero-order valence-corrected chi connectivity index (χ0v) is 13.9. The Bertz CT molecular complexity index is 662. The second kappa shape index (κ2) is 5.45. The van der Waals surface area contributed by atoms with Crippen molar-refractivity contribution in [2.75, 3.05) is 19.7 Å². The molecule has 0 saturated carbocycles. The number of likely N-dealkylation sites (tertiary alicyclic amines) is 1. The Labute approximate surface area is 137 Å². The molecule has 0 unspecified atom stereocenters. The van der Waals surface area contributed by atoms with E-state index in [4.69, 9.17) is 16.0 Å². The number of carbonyl (C=O) groups is 1. The first-order valence-electron chi connectivity index (χ1n) is 7.96. The molecule has 1 saturated heterocycles. The van der Waals surface area contributed by atoms with E-state index >= 15 is 0 Å². The number of nitrogens with zero attached hydrogens (tertiary/aromatic N) is 2. The highest BCUT2D eigenvalue weighted by Gasteiger charge is 2.44. The lowest BCUT2D eigenvalue weighted by atomic mass is 9.74. The monoisotopic (exact) mass is 314 g/mol. The third-order valence-electron chi connectivity index (χ3n) is 4.54. The van der Waals surface area contributed by atoms with Gasteiger partial charge in [0.15, 0.2) is 5.69 Å². The van der Waals surface area contributed by atoms with Crippen LogP contribution in [0.1, 0.15) is 39.2 Å². The first-order valence-corrected chi connectivity index (χ1v) is 7.96. The fraction of sp³-hybridized carbons (Fsp3) is 0.556. The average molecular weight is 314 g/mol. The quantitative estimate of drug-likeness (QED) is 0.682. The van der Waals surface area contributed by atoms with Crippen LogP contribution < -0.4 is 4.74 Å². The Hall–Kier alpha value is -2.22. The van der Waals surface area contributed by atoms with Crippen LogP contribution >= 0.6 is 0 Å². The van der Waals surface area contributed by atoms with E-state index in [1.165, 1.54) is 0 Å². The molecular formula is C18H22N2O3. The SMILES string of the molecule is [C-]#[N+]c1ccc2c(c1)C1(CCN(C(=O)OC(C)(C)C)CC1)CO2. The molecule has 1 amide bonds. The van der Waals surface area contributed by atoms with E-state index in [2.05, 4.69) is 4.85 Å². The van der Waals surface area contributed by atoms with Crippen molar-refractivity contribution in [3.63, 3.8) is 0 Å². The molecule has 0 atom stereocenters. The summed E-state index contributed by atoms with van der Waals surface area (Å²) in [6.45, 7) is 14.8. The van der Waals surface area contributed by atoms with E-state index < -0.39 is 5.60 Å². The molecule has 1 fully saturated rings. The van der Waals surface area contributed by atoms with E-state index in [0.717, 1.165) is 24.2 Å². The van der Waals surface area contributed by atoms with E-state index in [-0.39, 0.29) is 11.5 Å². The van der Waals surface area contributed by atoms with Gasteiger partial charge in [0.1, 0.15) is 11.4 Å². The fourth-order valence-electron chi connectivity index (χ4n) is 3.28. The molecule has 0 N–H and O–H groups in total. The minimum atomic E-state index is -0.472. The lowest BCUT2D eigenvalue weighted by Crippen LogP contribution is -2.47. The van der Waals surface area contributed by atoms with E-state index in [1.54, 1.807) is 11.0 Å². The largest absolute Gasteiger partial charge is 0.492 e. The molecule has 3 rings (SSSR count). The van der Waals surface area contributed by atoms with Gasteiger partial charge in [0.05, 0.1) is 13.2 Å². The Morgan fingerprint density at radius 2 is 2.04 bits per heavy atom. The van der Waals surface area contributed by atoms with Gasteiger partial charge >= 0.3 is 6.09 Å². The lowest BCUT2D eigenvalue weighted by molar-refractivity contribution is 0.0152. The standard InChI is InChI=1S/C18H22N2O3/c1-17(2,3)23-16(21)20-9-7-18(8-10-20)12-22-15-6-5-13(19-4)11-14(15)18/h5-6,11H,7-10,12H2,1-3H3. The van der Waals surface area contributed by atoms with Gasteiger partial charge in [-0.05, 0) is 51.3 Å². The van der Waals surface area contributed by atoms with Crippen molar-refractivity contribution < 1.29 is 14.3 Å². The minimum Gasteiger partial charge on any atom is -0.492 e. The van der Waals surface area contributed by atoms with Crippen LogP contribution in [-0.4, -0.2) is 36.3 Å². The Balaban J connectivity index is 1.73. The van der Waals surface area contributed by atoms with Gasteiger partial charge in [-0.25, -0.2) is 9.64 Å². The number of amides is 1. The third kappa shape index (κ3) is 2.98. The average Bonchev–Trinajstić information content (AvgIpc) is 2.84. The van der Waals surface area contributed by atoms with Crippen molar-refractivity contribution in [3.8, 4) is 5.75 Å². The van der Waals surface area contributed by atoms with Gasteiger partial charge in [-0.3, -0.25) is 0 Å². The zero-order chi connectivity index (χ0) is 16.7. The number of carbonyl (C=O) groups excluding carboxylic acids is 1. The number of rotatable bonds is 0. The molecule has 5 heteroatoms. The summed E-state index contributed by atoms with van der Waals surface area (Å²) >= 11 is 0. The lowest BCUT2D eigenvalue weighted by Gasteiger charge is -2.39. The van der Waals surface area contributed by atoms with Gasteiger partial charge in [0, 0.05) is 18.5 Å². The van der Waals surface area contributed by atoms with E-state index in [1.807, 2.05) is 32.9 Å². The molecule has 1 aromatic carbocycles. The van der Waals surface area contributed by atoms with Crippen LogP contribution in [0.15, 0.2) is 18.2 Å². The van der Waals surface area contributed by atoms with Crippen LogP contribution in [0.3, 0.4) is 0 Å². The molecule has 0 aliphatic carbocycles. The minimum absolute atomic E-state index is 0.0749. The highest BCUT2D eigenvalue weighted by atomic mass is 16.6. The Morgan fingerprint density at radius 1 is 1.35 bits per heavy atom. The van der Waals surface area contributed by atoms with Gasteiger partial charge in [-0.15, -0.1) is 0 Å². The smallest absolute Gasteiger partial charge is 0.410 e. The summed E-state index contributed by atoms with van der Waals surface area (Å²) in [5, 5.41) is 0. The molecule has 23 heavy (non-hydrogen) atoms. The maximum Gasteiger partial charge on any atom is 0.410 e. The maximum absolute atomic E-state index is 12.2. The Kier molecular flexibility index (Phi) is 3.71. The van der Waals surface area contributed by atoms with E-state index in [0.29, 0.717) is 25.4 Å². The molecule has 2 aliphatic rings. The second-order valence-corrected chi connectivity index (χ2v) is 7.33. The summed E-state index contributed by atoms with van der Waals surface area (Å²) in [7, 11) is 0. The summed E-state index contributed by atoms with van der Waals surface area (Å²) in [6.07, 6.45) is 1.42. The summed E-state index contributed by atoms with van der Waals surface area (Å²) in [4.78, 5) is 17.5. The first kappa shape index (κ1) is 15.7. The van der Waals surface area contributed by atoms with Crippen molar-refractivity contribution in [2.45, 2.75) is 44.6 Å². The van der Waals surface area contributed by atoms with E-state index in [9.17, 15) is 4.79 Å². The molecular weight excluding hydrogens is 292 g/mol. The number of ether oxygens (including phenoxy) is 2. The van der Waals surface area contributed by atoms with Gasteiger partial charge in [0.25, 0.3) is 0 Å². The predicted octanol–water partition coefficient (Wildman–Crippen LogP) is 3.90. The van der Waals surface area contributed by atoms with Crippen molar-refractivity contribution in [2.24, 2.45) is 0 Å². The molecule has 2 heterocycles. The molecule has 122 valence electrons. The van der Waals surface area contributed by atoms with Gasteiger partial charge < -0.3 is 14.4 Å². The molecule has 1 spiro atoms. The maximum atomic E-state index is 12.2. The summed E-state index contributed by atoms with van der Waals surface area (Å²) in [5.74, 6) is 0.878. The molecule has 2 aliphatic heterocycles. The normalized spacial score (nSPS) is 19.0. The summed E-state index contributed by atoms with van der Waals surface area (Å²) in [6, 6.07) is 5.62. The summed E-state index contributed by atoms with van der Waals surface area (Å²) in [5.41, 5.74) is 1.21. The first-order chi connectivity index (χ1) is 10.8. The molecule has 0 bridgehead atoms. The summed E-state index contributed by atoms with van der Waals surface area (Å²) < 4.78 is 11.3. The number of hydrogen-bond acceptors (Lipinski definition) is 3. The van der Waals surface area contributed by atoms with Gasteiger partial charge in [0.2, 0.25) is 0 Å². The Morgan fingerprint density at radius 3 is 2.65 bits per heavy atom. The van der Waals surface area contributed by atoms with Crippen LogP contribution in [0, 0.1) is 6.57 Å². The molecule has 1 aromatic rings. The number of hydrogen-bond donors (Lipinski definition) is 0. The molecule has 0 aromatic heterocycles. The van der Waals surface area contributed by atoms with Crippen LogP contribution in [0.4, 0.5) is 10.5 Å². The van der Waals surface area contributed by atoms with Crippen molar-refractivity contribution in [3.05, 3.63) is 35.2 Å². The second-order valence-electron chi connectivity index (χ2n) is 7.33. The molecule has 0 radical (unpaired) electrons. The van der Waals surface area contributed by atoms with Crippen LogP contribution in [0.25, 0.3) is 4.85 Å². The fourth-order valence-corrected chi connectivity index (χ4v) is 3.28. The van der Waals surface area contributed by atoms with Crippen LogP contribution in [-0.2, 0) is 10.2 Å². The van der Waals surface area contributed by atoms with Gasteiger partial charge in [-0.1, -0.05) is 6.07 Å². The topological polar surface area (TPSA) is 43.1 Å². The van der Waals surface area contributed by atoms with Crippen molar-refractivity contribution >= 4 is 11.8 Å². The number of fused-ring (bicyclic) bond motifs is 2. The molecule has 5 nitrogen and oxygen atoms in total. The van der Waals surface area contributed by atoms with Crippen LogP contribution in [0.5, 0.6) is 5.75 Å². The van der Waals surface area contributed by atoms with Gasteiger partial charge in [-0.2, -0.15) is 0 Å². The zero-order valence-electron chi connectivity index (χ0n) is 13.9. The van der Waals surface area contributed by atoms with Crippen molar-refractivity contribution in [1.82, 2.24) is 4.90 Å². The third-order valence-corrected chi connectivity index (χ3v) is 4.54. The van der Waals surface area contributed by atoms with Crippen LogP contribution in [0.2, 0.25) is 0 Å². The number of piperidine rings is 1.